The Hall–Kier alpha value is -2.62. The van der Waals surface area contributed by atoms with Crippen molar-refractivity contribution in [3.05, 3.63) is 33.9 Å². The second-order valence-electron chi connectivity index (χ2n) is 5.91. The maximum Gasteiger partial charge on any atom is 0.326 e. The van der Waals surface area contributed by atoms with Crippen LogP contribution in [0.15, 0.2) is 23.1 Å². The van der Waals surface area contributed by atoms with Gasteiger partial charge in [-0.3, -0.25) is 19.7 Å². The van der Waals surface area contributed by atoms with Crippen LogP contribution in [0.2, 0.25) is 0 Å². The number of nitro benzene ring substituents is 1. The van der Waals surface area contributed by atoms with Crippen LogP contribution >= 0.6 is 11.8 Å². The monoisotopic (exact) mass is 383 g/mol. The van der Waals surface area contributed by atoms with E-state index in [0.717, 1.165) is 6.07 Å². The smallest absolute Gasteiger partial charge is 0.326 e. The molecule has 1 rings (SSSR count). The number of nitro groups is 1. The van der Waals surface area contributed by atoms with Gasteiger partial charge < -0.3 is 15.7 Å². The summed E-state index contributed by atoms with van der Waals surface area (Å²) >= 11 is 1.18. The van der Waals surface area contributed by atoms with E-state index in [4.69, 9.17) is 5.11 Å². The number of carbonyl (C=O) groups excluding carboxylic acids is 2. The first-order valence-corrected chi connectivity index (χ1v) is 9.01. The molecular formula is C16H21N3O6S. The van der Waals surface area contributed by atoms with Crippen molar-refractivity contribution in [2.24, 2.45) is 5.92 Å². The number of nitrogens with zero attached hydrogens (tertiary/aromatic N) is 1. The van der Waals surface area contributed by atoms with Crippen LogP contribution in [0.25, 0.3) is 0 Å². The molecule has 0 saturated heterocycles. The number of rotatable bonds is 9. The van der Waals surface area contributed by atoms with Gasteiger partial charge in [-0.15, -0.1) is 11.8 Å². The Morgan fingerprint density at radius 3 is 2.46 bits per heavy atom. The van der Waals surface area contributed by atoms with Crippen molar-refractivity contribution >= 4 is 35.2 Å². The predicted molar refractivity (Wildman–Crippen MR) is 96.2 cm³/mol. The summed E-state index contributed by atoms with van der Waals surface area (Å²) in [5.41, 5.74) is -0.156. The molecule has 142 valence electrons. The summed E-state index contributed by atoms with van der Waals surface area (Å²) in [6.45, 7) is 3.23. The molecule has 26 heavy (non-hydrogen) atoms. The molecule has 1 aromatic carbocycles. The van der Waals surface area contributed by atoms with E-state index in [1.54, 1.807) is 6.26 Å². The van der Waals surface area contributed by atoms with Gasteiger partial charge in [-0.25, -0.2) is 4.79 Å². The summed E-state index contributed by atoms with van der Waals surface area (Å²) in [5.74, 6) is -2.39. The largest absolute Gasteiger partial charge is 0.480 e. The van der Waals surface area contributed by atoms with E-state index < -0.39 is 35.3 Å². The first kappa shape index (κ1) is 21.4. The second kappa shape index (κ2) is 9.76. The standard InChI is InChI=1S/C16H21N3O6S/c1-9(2)6-11(16(22)23)18-14(20)8-17-15(21)10-4-5-13(26-3)12(7-10)19(24)25/h4-5,7,9,11H,6,8H2,1-3H3,(H,17,21)(H,18,20)(H,22,23)/t11-/m0/s1. The minimum Gasteiger partial charge on any atom is -0.480 e. The normalized spacial score (nSPS) is 11.7. The van der Waals surface area contributed by atoms with Crippen LogP contribution in [0, 0.1) is 16.0 Å². The maximum absolute atomic E-state index is 12.1. The van der Waals surface area contributed by atoms with Gasteiger partial charge in [-0.1, -0.05) is 13.8 Å². The molecule has 1 atom stereocenters. The molecule has 9 nitrogen and oxygen atoms in total. The molecule has 2 amide bonds. The number of thioether (sulfide) groups is 1. The van der Waals surface area contributed by atoms with Crippen molar-refractivity contribution in [3.8, 4) is 0 Å². The highest BCUT2D eigenvalue weighted by Gasteiger charge is 2.22. The number of nitrogens with one attached hydrogen (secondary N) is 2. The third kappa shape index (κ3) is 6.36. The van der Waals surface area contributed by atoms with E-state index in [-0.39, 0.29) is 23.6 Å². The van der Waals surface area contributed by atoms with Crippen molar-refractivity contribution < 1.29 is 24.4 Å². The molecule has 0 saturated carbocycles. The highest BCUT2D eigenvalue weighted by molar-refractivity contribution is 7.98. The van der Waals surface area contributed by atoms with Gasteiger partial charge in [-0.05, 0) is 30.7 Å². The zero-order chi connectivity index (χ0) is 19.9. The number of aliphatic carboxylic acids is 1. The fourth-order valence-electron chi connectivity index (χ4n) is 2.17. The van der Waals surface area contributed by atoms with Gasteiger partial charge in [0.25, 0.3) is 11.6 Å². The number of benzene rings is 1. The highest BCUT2D eigenvalue weighted by Crippen LogP contribution is 2.28. The molecule has 0 fully saturated rings. The van der Waals surface area contributed by atoms with E-state index in [9.17, 15) is 24.5 Å². The van der Waals surface area contributed by atoms with E-state index in [1.165, 1.54) is 23.9 Å². The lowest BCUT2D eigenvalue weighted by Crippen LogP contribution is -2.46. The molecule has 0 aromatic heterocycles. The fraction of sp³-hybridized carbons (Fsp3) is 0.438. The topological polar surface area (TPSA) is 139 Å². The van der Waals surface area contributed by atoms with Crippen LogP contribution in [0.1, 0.15) is 30.6 Å². The predicted octanol–water partition coefficient (Wildman–Crippen LogP) is 1.66. The Morgan fingerprint density at radius 2 is 1.96 bits per heavy atom. The first-order valence-electron chi connectivity index (χ1n) is 7.78. The fourth-order valence-corrected chi connectivity index (χ4v) is 2.72. The summed E-state index contributed by atoms with van der Waals surface area (Å²) < 4.78 is 0. The molecule has 0 aliphatic carbocycles. The summed E-state index contributed by atoms with van der Waals surface area (Å²) in [6.07, 6.45) is 1.94. The van der Waals surface area contributed by atoms with Crippen LogP contribution in [0.3, 0.4) is 0 Å². The Bertz CT molecular complexity index is 707. The number of carbonyl (C=O) groups is 3. The van der Waals surface area contributed by atoms with Crippen molar-refractivity contribution in [3.63, 3.8) is 0 Å². The van der Waals surface area contributed by atoms with Crippen LogP contribution in [0.4, 0.5) is 5.69 Å². The summed E-state index contributed by atoms with van der Waals surface area (Å²) in [5, 5.41) is 24.8. The van der Waals surface area contributed by atoms with Crippen molar-refractivity contribution in [1.29, 1.82) is 0 Å². The third-order valence-corrected chi connectivity index (χ3v) is 4.17. The van der Waals surface area contributed by atoms with Crippen molar-refractivity contribution in [1.82, 2.24) is 10.6 Å². The van der Waals surface area contributed by atoms with E-state index >= 15 is 0 Å². The van der Waals surface area contributed by atoms with E-state index in [1.807, 2.05) is 13.8 Å². The lowest BCUT2D eigenvalue weighted by Gasteiger charge is -2.16. The Morgan fingerprint density at radius 1 is 1.31 bits per heavy atom. The SMILES string of the molecule is CSc1ccc(C(=O)NCC(=O)N[C@@H](CC(C)C)C(=O)O)cc1[N+](=O)[O-]. The van der Waals surface area contributed by atoms with Gasteiger partial charge >= 0.3 is 5.97 Å². The van der Waals surface area contributed by atoms with Gasteiger partial charge in [0.05, 0.1) is 16.4 Å². The Labute approximate surface area is 154 Å². The van der Waals surface area contributed by atoms with Crippen molar-refractivity contribution in [2.45, 2.75) is 31.2 Å². The number of hydrogen-bond acceptors (Lipinski definition) is 6. The summed E-state index contributed by atoms with van der Waals surface area (Å²) in [7, 11) is 0. The number of carboxylic acids is 1. The molecule has 0 unspecified atom stereocenters. The zero-order valence-corrected chi connectivity index (χ0v) is 15.5. The molecule has 0 spiro atoms. The van der Waals surface area contributed by atoms with Gasteiger partial charge in [0.2, 0.25) is 5.91 Å². The first-order chi connectivity index (χ1) is 12.1. The number of carboxylic acid groups (broad SMARTS) is 1. The number of amides is 2. The second-order valence-corrected chi connectivity index (χ2v) is 6.76. The van der Waals surface area contributed by atoms with Crippen LogP contribution in [0.5, 0.6) is 0 Å². The van der Waals surface area contributed by atoms with Crippen LogP contribution < -0.4 is 10.6 Å². The lowest BCUT2D eigenvalue weighted by molar-refractivity contribution is -0.387. The zero-order valence-electron chi connectivity index (χ0n) is 14.6. The molecule has 0 heterocycles. The van der Waals surface area contributed by atoms with Gasteiger partial charge in [0.1, 0.15) is 6.04 Å². The van der Waals surface area contributed by atoms with E-state index in [2.05, 4.69) is 10.6 Å². The third-order valence-electron chi connectivity index (χ3n) is 3.39. The van der Waals surface area contributed by atoms with E-state index in [0.29, 0.717) is 4.90 Å². The summed E-state index contributed by atoms with van der Waals surface area (Å²) in [6, 6.07) is 2.98. The Balaban J connectivity index is 2.71. The average Bonchev–Trinajstić information content (AvgIpc) is 2.57. The van der Waals surface area contributed by atoms with Crippen LogP contribution in [-0.4, -0.2) is 46.7 Å². The molecule has 1 aromatic rings. The van der Waals surface area contributed by atoms with Gasteiger partial charge in [0.15, 0.2) is 0 Å². The molecule has 3 N–H and O–H groups in total. The highest BCUT2D eigenvalue weighted by atomic mass is 32.2. The van der Waals surface area contributed by atoms with Gasteiger partial charge in [0, 0.05) is 11.6 Å². The summed E-state index contributed by atoms with van der Waals surface area (Å²) in [4.78, 5) is 45.9. The molecular weight excluding hydrogens is 362 g/mol. The van der Waals surface area contributed by atoms with Crippen LogP contribution in [-0.2, 0) is 9.59 Å². The molecule has 0 radical (unpaired) electrons. The van der Waals surface area contributed by atoms with Crippen molar-refractivity contribution in [2.75, 3.05) is 12.8 Å². The minimum absolute atomic E-state index is 0.0410. The van der Waals surface area contributed by atoms with Gasteiger partial charge in [-0.2, -0.15) is 0 Å². The lowest BCUT2D eigenvalue weighted by atomic mass is 10.0. The molecule has 0 bridgehead atoms. The molecule has 0 aliphatic heterocycles. The molecule has 0 aliphatic rings. The Kier molecular flexibility index (Phi) is 8.04. The molecule has 10 heteroatoms. The number of hydrogen-bond donors (Lipinski definition) is 3. The minimum atomic E-state index is -1.15. The average molecular weight is 383 g/mol. The maximum atomic E-state index is 12.1. The quantitative estimate of drug-likeness (QED) is 0.335.